The minimum Gasteiger partial charge on any atom is -0.374 e. The summed E-state index contributed by atoms with van der Waals surface area (Å²) in [5, 5.41) is 0. The van der Waals surface area contributed by atoms with Crippen LogP contribution in [0.25, 0.3) is 0 Å². The molecule has 0 aromatic rings. The fourth-order valence-electron chi connectivity index (χ4n) is 6.76. The van der Waals surface area contributed by atoms with E-state index in [0.29, 0.717) is 155 Å². The fraction of sp³-hybridized carbons (Fsp3) is 0.973. The lowest BCUT2D eigenvalue weighted by Crippen LogP contribution is -2.50. The first-order chi connectivity index (χ1) is 27.0. The van der Waals surface area contributed by atoms with Gasteiger partial charge in [-0.3, -0.25) is 0 Å². The largest absolute Gasteiger partial charge is 0.500 e. The maximum atomic E-state index is 14.9. The third kappa shape index (κ3) is 21.3. The number of carbonyl (C=O) groups excluding carboxylic acids is 1. The fourth-order valence-corrected chi connectivity index (χ4v) is 17.1. The molecule has 0 rings (SSSR count). The van der Waals surface area contributed by atoms with Crippen LogP contribution in [-0.2, 0) is 53.1 Å². The lowest BCUT2D eigenvalue weighted by atomic mass is 10.3. The molecule has 0 aromatic carbocycles. The Balaban J connectivity index is 6.72. The summed E-state index contributed by atoms with van der Waals surface area (Å²) in [4.78, 5) is 18.8. The monoisotopic (exact) mass is 877 g/mol. The highest BCUT2D eigenvalue weighted by atomic mass is 28.4. The van der Waals surface area contributed by atoms with Crippen molar-refractivity contribution in [1.82, 2.24) is 9.80 Å². The van der Waals surface area contributed by atoms with Crippen molar-refractivity contribution in [3.63, 3.8) is 0 Å². The van der Waals surface area contributed by atoms with Gasteiger partial charge in [-0.05, 0) is 109 Å². The lowest BCUT2D eigenvalue weighted by Gasteiger charge is -2.35. The molecule has 0 radical (unpaired) electrons. The van der Waals surface area contributed by atoms with Gasteiger partial charge in [0, 0.05) is 130 Å². The normalized spacial score (nSPS) is 12.8. The highest BCUT2D eigenvalue weighted by molar-refractivity contribution is 6.61. The van der Waals surface area contributed by atoms with E-state index in [-0.39, 0.29) is 6.03 Å². The van der Waals surface area contributed by atoms with Crippen LogP contribution in [0.1, 0.15) is 109 Å². The molecule has 0 aromatic heterocycles. The van der Waals surface area contributed by atoms with Crippen LogP contribution in [0.5, 0.6) is 0 Å². The maximum absolute atomic E-state index is 14.9. The van der Waals surface area contributed by atoms with Crippen molar-refractivity contribution in [3.05, 3.63) is 0 Å². The summed E-state index contributed by atoms with van der Waals surface area (Å²) in [5.41, 5.74) is 0. The summed E-state index contributed by atoms with van der Waals surface area (Å²) >= 11 is 0. The molecule has 56 heavy (non-hydrogen) atoms. The molecule has 0 N–H and O–H groups in total. The number of hydrogen-bond acceptors (Lipinski definition) is 13. The molecule has 336 valence electrons. The summed E-state index contributed by atoms with van der Waals surface area (Å²) in [6.45, 7) is 31.4. The summed E-state index contributed by atoms with van der Waals surface area (Å²) in [6.07, 6.45) is 2.61. The van der Waals surface area contributed by atoms with Crippen LogP contribution in [0.15, 0.2) is 0 Å². The number of carbonyl (C=O) groups is 1. The van der Waals surface area contributed by atoms with E-state index in [1.807, 2.05) is 92.9 Å². The summed E-state index contributed by atoms with van der Waals surface area (Å²) in [6, 6.07) is 2.33. The molecular formula is C37H84N2O13Si4. The van der Waals surface area contributed by atoms with Crippen LogP contribution in [-0.4, -0.2) is 157 Å². The highest BCUT2D eigenvalue weighted by Crippen LogP contribution is 2.24. The zero-order valence-corrected chi connectivity index (χ0v) is 41.7. The molecule has 0 aliphatic carbocycles. The van der Waals surface area contributed by atoms with Gasteiger partial charge >= 0.3 is 41.2 Å². The molecule has 0 aliphatic heterocycles. The van der Waals surface area contributed by atoms with Gasteiger partial charge < -0.3 is 62.9 Å². The first-order valence-electron chi connectivity index (χ1n) is 21.7. The third-order valence-electron chi connectivity index (χ3n) is 8.56. The average molecular weight is 877 g/mol. The smallest absolute Gasteiger partial charge is 0.374 e. The number of amides is 2. The first kappa shape index (κ1) is 55.7. The number of urea groups is 1. The van der Waals surface area contributed by atoms with Crippen LogP contribution in [0.4, 0.5) is 4.79 Å². The molecule has 0 spiro atoms. The number of rotatable bonds is 40. The van der Waals surface area contributed by atoms with E-state index in [1.165, 1.54) is 0 Å². The van der Waals surface area contributed by atoms with Crippen LogP contribution in [0.2, 0.25) is 24.2 Å². The molecule has 0 aliphatic rings. The molecule has 19 heteroatoms. The van der Waals surface area contributed by atoms with Crippen LogP contribution in [0.3, 0.4) is 0 Å². The average Bonchev–Trinajstić information content (AvgIpc) is 3.15. The minimum absolute atomic E-state index is 0.0500. The summed E-state index contributed by atoms with van der Waals surface area (Å²) in [5.74, 6) is 0. The van der Waals surface area contributed by atoms with Crippen molar-refractivity contribution in [2.45, 2.75) is 133 Å². The molecule has 0 saturated carbocycles. The molecule has 0 fully saturated rings. The van der Waals surface area contributed by atoms with Gasteiger partial charge in [0.15, 0.2) is 0 Å². The Hall–Kier alpha value is -0.342. The third-order valence-corrected chi connectivity index (χ3v) is 21.2. The van der Waals surface area contributed by atoms with Gasteiger partial charge in [-0.15, -0.1) is 0 Å². The zero-order valence-electron chi connectivity index (χ0n) is 37.7. The molecule has 2 amide bonds. The molecule has 15 nitrogen and oxygen atoms in total. The summed E-state index contributed by atoms with van der Waals surface area (Å²) in [7, 11) is -11.7. The Morgan fingerprint density at radius 1 is 0.304 bits per heavy atom. The lowest BCUT2D eigenvalue weighted by molar-refractivity contribution is 0.0690. The minimum atomic E-state index is -2.93. The Morgan fingerprint density at radius 2 is 0.446 bits per heavy atom. The standard InChI is InChI=1S/C37H84N2O13Si4/c1-13-41-53(42-14-2,43-15-3)33-25-29-38(30-26-34-54(44-16-4,45-17-5)46-18-6)37(40)39(31-27-35-55(47-19-7,48-20-8)49-21-9)32-28-36-56(50-22-10,51-23-11)52-24-12/h13-36H2,1-12H3. The van der Waals surface area contributed by atoms with Gasteiger partial charge in [0.2, 0.25) is 0 Å². The SMILES string of the molecule is CCO[Si](CCCN(CCC[Si](OCC)(OCC)OCC)C(=O)N(CCC[Si](OCC)(OCC)OCC)CCC[Si](OCC)(OCC)OCC)(OCC)OCC. The van der Waals surface area contributed by atoms with Crippen molar-refractivity contribution in [1.29, 1.82) is 0 Å². The van der Waals surface area contributed by atoms with Gasteiger partial charge in [-0.25, -0.2) is 4.79 Å². The van der Waals surface area contributed by atoms with Crippen molar-refractivity contribution in [2.24, 2.45) is 0 Å². The Labute approximate surface area is 346 Å². The summed E-state index contributed by atoms with van der Waals surface area (Å²) < 4.78 is 74.0. The second-order valence-electron chi connectivity index (χ2n) is 12.6. The number of hydrogen-bond donors (Lipinski definition) is 0. The van der Waals surface area contributed by atoms with Gasteiger partial charge in [0.25, 0.3) is 0 Å². The number of nitrogens with zero attached hydrogens (tertiary/aromatic N) is 2. The molecule has 0 atom stereocenters. The quantitative estimate of drug-likeness (QED) is 0.0565. The van der Waals surface area contributed by atoms with Crippen molar-refractivity contribution in [2.75, 3.05) is 105 Å². The Kier molecular flexibility index (Phi) is 33.2. The molecule has 0 unspecified atom stereocenters. The Bertz CT molecular complexity index is 749. The van der Waals surface area contributed by atoms with Crippen LogP contribution in [0, 0.1) is 0 Å². The van der Waals surface area contributed by atoms with Crippen molar-refractivity contribution < 1.29 is 57.9 Å². The predicted octanol–water partition coefficient (Wildman–Crippen LogP) is 7.46. The van der Waals surface area contributed by atoms with Crippen molar-refractivity contribution in [3.8, 4) is 0 Å². The first-order valence-corrected chi connectivity index (χ1v) is 29.5. The van der Waals surface area contributed by atoms with Gasteiger partial charge in [0.05, 0.1) is 0 Å². The molecular weight excluding hydrogens is 793 g/mol. The van der Waals surface area contributed by atoms with Gasteiger partial charge in [-0.2, -0.15) is 0 Å². The predicted molar refractivity (Wildman–Crippen MR) is 229 cm³/mol. The van der Waals surface area contributed by atoms with E-state index in [2.05, 4.69) is 0 Å². The highest BCUT2D eigenvalue weighted by Gasteiger charge is 2.44. The van der Waals surface area contributed by atoms with E-state index < -0.39 is 35.2 Å². The maximum Gasteiger partial charge on any atom is 0.500 e. The van der Waals surface area contributed by atoms with Gasteiger partial charge in [0.1, 0.15) is 0 Å². The van der Waals surface area contributed by atoms with E-state index in [4.69, 9.17) is 53.1 Å². The Morgan fingerprint density at radius 3 is 0.571 bits per heavy atom. The van der Waals surface area contributed by atoms with Crippen molar-refractivity contribution >= 4 is 41.2 Å². The molecule has 0 saturated heterocycles. The van der Waals surface area contributed by atoms with E-state index in [1.54, 1.807) is 0 Å². The van der Waals surface area contributed by atoms with E-state index >= 15 is 0 Å². The van der Waals surface area contributed by atoms with Crippen LogP contribution < -0.4 is 0 Å². The van der Waals surface area contributed by atoms with E-state index in [0.717, 1.165) is 0 Å². The van der Waals surface area contributed by atoms with E-state index in [9.17, 15) is 4.79 Å². The second kappa shape index (κ2) is 33.4. The zero-order chi connectivity index (χ0) is 42.2. The van der Waals surface area contributed by atoms with Crippen LogP contribution >= 0.6 is 0 Å². The molecule has 0 bridgehead atoms. The molecule has 0 heterocycles. The topological polar surface area (TPSA) is 134 Å². The van der Waals surface area contributed by atoms with Gasteiger partial charge in [-0.1, -0.05) is 0 Å². The second-order valence-corrected chi connectivity index (χ2v) is 23.5.